The molecule has 0 saturated heterocycles. The lowest BCUT2D eigenvalue weighted by Gasteiger charge is -2.57. The van der Waals surface area contributed by atoms with E-state index in [-0.39, 0.29) is 11.4 Å². The lowest BCUT2D eigenvalue weighted by Crippen LogP contribution is -2.54. The van der Waals surface area contributed by atoms with Crippen LogP contribution < -0.4 is 5.32 Å². The van der Waals surface area contributed by atoms with E-state index in [1.54, 1.807) is 12.1 Å². The maximum absolute atomic E-state index is 14.1. The molecule has 1 aromatic carbocycles. The Hall–Kier alpha value is -1.56. The predicted molar refractivity (Wildman–Crippen MR) is 75.6 cm³/mol. The quantitative estimate of drug-likeness (QED) is 0.879. The molecule has 3 heteroatoms. The van der Waals surface area contributed by atoms with Crippen LogP contribution in [0.5, 0.6) is 0 Å². The summed E-state index contributed by atoms with van der Waals surface area (Å²) in [6, 6.07) is 6.75. The van der Waals surface area contributed by atoms with Crippen LogP contribution >= 0.6 is 0 Å². The van der Waals surface area contributed by atoms with E-state index in [0.717, 1.165) is 17.8 Å². The van der Waals surface area contributed by atoms with E-state index in [4.69, 9.17) is 5.26 Å². The molecule has 2 nitrogen and oxygen atoms in total. The van der Waals surface area contributed by atoms with Crippen molar-refractivity contribution in [3.05, 3.63) is 29.6 Å². The summed E-state index contributed by atoms with van der Waals surface area (Å²) in [7, 11) is 0. The molecule has 4 aliphatic rings. The van der Waals surface area contributed by atoms with E-state index >= 15 is 0 Å². The average molecular weight is 270 g/mol. The lowest BCUT2D eigenvalue weighted by atomic mass is 9.53. The van der Waals surface area contributed by atoms with E-state index in [9.17, 15) is 4.39 Å². The van der Waals surface area contributed by atoms with Crippen LogP contribution in [0.1, 0.15) is 44.1 Å². The molecule has 0 spiro atoms. The summed E-state index contributed by atoms with van der Waals surface area (Å²) in [6.45, 7) is 0. The van der Waals surface area contributed by atoms with Gasteiger partial charge in [0, 0.05) is 5.54 Å². The van der Waals surface area contributed by atoms with E-state index in [0.29, 0.717) is 11.3 Å². The lowest BCUT2D eigenvalue weighted by molar-refractivity contribution is 0.0106. The number of hydrogen-bond donors (Lipinski definition) is 1. The van der Waals surface area contributed by atoms with Crippen LogP contribution in [0.15, 0.2) is 18.2 Å². The molecule has 5 rings (SSSR count). The molecule has 104 valence electrons. The highest BCUT2D eigenvalue weighted by atomic mass is 19.1. The SMILES string of the molecule is N#Cc1ccc(NC23CC4CC(CC(C4)C2)C3)c(F)c1. The molecule has 0 atom stereocenters. The molecular weight excluding hydrogens is 251 g/mol. The molecule has 0 heterocycles. The number of nitrogens with zero attached hydrogens (tertiary/aromatic N) is 1. The average Bonchev–Trinajstić information content (AvgIpc) is 2.39. The summed E-state index contributed by atoms with van der Waals surface area (Å²) in [5, 5.41) is 12.3. The number of anilines is 1. The molecule has 20 heavy (non-hydrogen) atoms. The minimum Gasteiger partial charge on any atom is -0.377 e. The van der Waals surface area contributed by atoms with Crippen LogP contribution in [0.2, 0.25) is 0 Å². The second kappa shape index (κ2) is 4.22. The van der Waals surface area contributed by atoms with Crippen molar-refractivity contribution < 1.29 is 4.39 Å². The highest BCUT2D eigenvalue weighted by Crippen LogP contribution is 2.56. The van der Waals surface area contributed by atoms with Crippen molar-refractivity contribution in [1.82, 2.24) is 0 Å². The van der Waals surface area contributed by atoms with Gasteiger partial charge in [0.15, 0.2) is 0 Å². The summed E-state index contributed by atoms with van der Waals surface area (Å²) in [5.74, 6) is 2.24. The van der Waals surface area contributed by atoms with Crippen LogP contribution in [0, 0.1) is 34.9 Å². The minimum absolute atomic E-state index is 0.115. The first-order valence-electron chi connectivity index (χ1n) is 7.64. The number of halogens is 1. The number of nitrogens with one attached hydrogen (secondary N) is 1. The molecule has 0 aliphatic heterocycles. The van der Waals surface area contributed by atoms with Gasteiger partial charge in [-0.1, -0.05) is 0 Å². The summed E-state index contributed by atoms with van der Waals surface area (Å²) in [6.07, 6.45) is 7.74. The Labute approximate surface area is 119 Å². The monoisotopic (exact) mass is 270 g/mol. The second-order valence-corrected chi connectivity index (χ2v) is 7.13. The van der Waals surface area contributed by atoms with E-state index in [1.807, 2.05) is 6.07 Å². The molecule has 4 bridgehead atoms. The molecule has 4 saturated carbocycles. The molecule has 4 aliphatic carbocycles. The highest BCUT2D eigenvalue weighted by Gasteiger charge is 2.51. The Morgan fingerprint density at radius 3 is 2.20 bits per heavy atom. The molecule has 0 aromatic heterocycles. The second-order valence-electron chi connectivity index (χ2n) is 7.13. The van der Waals surface area contributed by atoms with Gasteiger partial charge in [0.1, 0.15) is 5.82 Å². The zero-order valence-electron chi connectivity index (χ0n) is 11.5. The van der Waals surface area contributed by atoms with Gasteiger partial charge in [-0.15, -0.1) is 0 Å². The molecular formula is C17H19FN2. The van der Waals surface area contributed by atoms with Crippen molar-refractivity contribution in [1.29, 1.82) is 5.26 Å². The summed E-state index contributed by atoms with van der Waals surface area (Å²) >= 11 is 0. The molecule has 4 fully saturated rings. The number of nitriles is 1. The molecule has 1 N–H and O–H groups in total. The first-order valence-corrected chi connectivity index (χ1v) is 7.64. The normalized spacial score (nSPS) is 37.7. The first kappa shape index (κ1) is 12.2. The topological polar surface area (TPSA) is 35.8 Å². The van der Waals surface area contributed by atoms with Gasteiger partial charge in [-0.3, -0.25) is 0 Å². The summed E-state index contributed by atoms with van der Waals surface area (Å²) in [4.78, 5) is 0. The maximum Gasteiger partial charge on any atom is 0.147 e. The largest absolute Gasteiger partial charge is 0.377 e. The standard InChI is InChI=1S/C17H19FN2/c18-15-6-11(10-19)1-2-16(15)20-17-7-12-3-13(8-17)5-14(4-12)9-17/h1-2,6,12-14,20H,3-5,7-9H2. The summed E-state index contributed by atoms with van der Waals surface area (Å²) in [5.41, 5.74) is 1.08. The van der Waals surface area contributed by atoms with E-state index < -0.39 is 0 Å². The fourth-order valence-corrected chi connectivity index (χ4v) is 5.24. The predicted octanol–water partition coefficient (Wildman–Crippen LogP) is 4.08. The van der Waals surface area contributed by atoms with E-state index in [2.05, 4.69) is 5.32 Å². The molecule has 0 radical (unpaired) electrons. The Kier molecular flexibility index (Phi) is 2.57. The van der Waals surface area contributed by atoms with Gasteiger partial charge in [-0.25, -0.2) is 4.39 Å². The van der Waals surface area contributed by atoms with Crippen molar-refractivity contribution in [3.8, 4) is 6.07 Å². The third kappa shape index (κ3) is 1.90. The third-order valence-corrected chi connectivity index (χ3v) is 5.54. The number of benzene rings is 1. The van der Waals surface area contributed by atoms with Gasteiger partial charge in [-0.05, 0) is 74.5 Å². The Morgan fingerprint density at radius 1 is 1.10 bits per heavy atom. The van der Waals surface area contributed by atoms with Gasteiger partial charge in [0.2, 0.25) is 0 Å². The maximum atomic E-state index is 14.1. The van der Waals surface area contributed by atoms with Crippen LogP contribution in [0.4, 0.5) is 10.1 Å². The fraction of sp³-hybridized carbons (Fsp3) is 0.588. The van der Waals surface area contributed by atoms with Crippen molar-refractivity contribution in [3.63, 3.8) is 0 Å². The van der Waals surface area contributed by atoms with Gasteiger partial charge in [-0.2, -0.15) is 5.26 Å². The van der Waals surface area contributed by atoms with Crippen LogP contribution in [-0.4, -0.2) is 5.54 Å². The van der Waals surface area contributed by atoms with Crippen LogP contribution in [-0.2, 0) is 0 Å². The van der Waals surface area contributed by atoms with Crippen molar-refractivity contribution in [2.24, 2.45) is 17.8 Å². The zero-order valence-corrected chi connectivity index (χ0v) is 11.5. The molecule has 0 unspecified atom stereocenters. The van der Waals surface area contributed by atoms with Gasteiger partial charge in [0.05, 0.1) is 17.3 Å². The zero-order chi connectivity index (χ0) is 13.7. The van der Waals surface area contributed by atoms with Crippen LogP contribution in [0.25, 0.3) is 0 Å². The van der Waals surface area contributed by atoms with Gasteiger partial charge in [0.25, 0.3) is 0 Å². The highest BCUT2D eigenvalue weighted by molar-refractivity contribution is 5.51. The van der Waals surface area contributed by atoms with Gasteiger partial charge < -0.3 is 5.32 Å². The first-order chi connectivity index (χ1) is 9.66. The molecule has 1 aromatic rings. The third-order valence-electron chi connectivity index (χ3n) is 5.54. The number of rotatable bonds is 2. The molecule has 0 amide bonds. The number of hydrogen-bond acceptors (Lipinski definition) is 2. The fourth-order valence-electron chi connectivity index (χ4n) is 5.24. The van der Waals surface area contributed by atoms with Crippen molar-refractivity contribution in [2.75, 3.05) is 5.32 Å². The van der Waals surface area contributed by atoms with Crippen LogP contribution in [0.3, 0.4) is 0 Å². The smallest absolute Gasteiger partial charge is 0.147 e. The Morgan fingerprint density at radius 2 is 1.70 bits per heavy atom. The van der Waals surface area contributed by atoms with Gasteiger partial charge >= 0.3 is 0 Å². The Bertz CT molecular complexity index is 552. The summed E-state index contributed by atoms with van der Waals surface area (Å²) < 4.78 is 14.1. The van der Waals surface area contributed by atoms with Crippen molar-refractivity contribution >= 4 is 5.69 Å². The van der Waals surface area contributed by atoms with Crippen molar-refractivity contribution in [2.45, 2.75) is 44.1 Å². The van der Waals surface area contributed by atoms with E-state index in [1.165, 1.54) is 44.6 Å². The Balaban J connectivity index is 1.61. The minimum atomic E-state index is -0.292.